The number of nitrogens with one attached hydrogen (secondary N) is 2. The Balaban J connectivity index is 1.36. The summed E-state index contributed by atoms with van der Waals surface area (Å²) >= 11 is 5.95. The van der Waals surface area contributed by atoms with Crippen molar-refractivity contribution in [2.75, 3.05) is 55.1 Å². The van der Waals surface area contributed by atoms with Gasteiger partial charge in [0.25, 0.3) is 0 Å². The minimum atomic E-state index is -0.202. The first-order chi connectivity index (χ1) is 20.9. The predicted octanol–water partition coefficient (Wildman–Crippen LogP) is 5.09. The molecule has 43 heavy (non-hydrogen) atoms. The Kier molecular flexibility index (Phi) is 8.42. The average Bonchev–Trinajstić information content (AvgIpc) is 3.53. The SMILES string of the molecule is COCC(=O)Nc1ccc(N2C(=S)NC(c3ccccn3)C2c2cc(C)n(-c3ccc(N4CCOCC4)cc3)c2C)cc1. The van der Waals surface area contributed by atoms with E-state index in [9.17, 15) is 4.79 Å². The Morgan fingerprint density at radius 2 is 1.72 bits per heavy atom. The van der Waals surface area contributed by atoms with Crippen molar-refractivity contribution in [2.24, 2.45) is 0 Å². The standard InChI is InChI=1S/C33H36N6O3S/c1-22-20-28(23(2)38(22)26-13-11-25(12-14-26)37-16-18-42-19-17-37)32-31(29-6-4-5-15-34-29)36-33(43)39(32)27-9-7-24(8-10-27)35-30(40)21-41-3/h4-15,20,31-32H,16-19,21H2,1-3H3,(H,35,40)(H,36,43). The Morgan fingerprint density at radius 3 is 2.40 bits per heavy atom. The number of anilines is 3. The number of methoxy groups -OCH3 is 1. The molecule has 2 aromatic heterocycles. The summed E-state index contributed by atoms with van der Waals surface area (Å²) in [5, 5.41) is 7.03. The van der Waals surface area contributed by atoms with Crippen LogP contribution >= 0.6 is 12.2 Å². The molecular weight excluding hydrogens is 560 g/mol. The molecule has 2 fully saturated rings. The fourth-order valence-electron chi connectivity index (χ4n) is 6.10. The molecule has 0 spiro atoms. The van der Waals surface area contributed by atoms with Gasteiger partial charge >= 0.3 is 0 Å². The normalized spacial score (nSPS) is 18.5. The van der Waals surface area contributed by atoms with Gasteiger partial charge in [0, 0.05) is 60.5 Å². The first kappa shape index (κ1) is 28.9. The molecule has 0 bridgehead atoms. The molecule has 9 nitrogen and oxygen atoms in total. The molecule has 0 radical (unpaired) electrons. The molecule has 2 aliphatic heterocycles. The van der Waals surface area contributed by atoms with Crippen molar-refractivity contribution in [1.29, 1.82) is 0 Å². The number of ether oxygens (including phenoxy) is 2. The van der Waals surface area contributed by atoms with Crippen molar-refractivity contribution < 1.29 is 14.3 Å². The van der Waals surface area contributed by atoms with Gasteiger partial charge in [0.2, 0.25) is 5.91 Å². The summed E-state index contributed by atoms with van der Waals surface area (Å²) in [7, 11) is 1.50. The van der Waals surface area contributed by atoms with Crippen molar-refractivity contribution >= 4 is 40.3 Å². The van der Waals surface area contributed by atoms with Gasteiger partial charge in [0.15, 0.2) is 5.11 Å². The molecule has 2 unspecified atom stereocenters. The maximum Gasteiger partial charge on any atom is 0.250 e. The van der Waals surface area contributed by atoms with Gasteiger partial charge in [0.1, 0.15) is 6.61 Å². The summed E-state index contributed by atoms with van der Waals surface area (Å²) in [4.78, 5) is 21.3. The number of thiocarbonyl (C=S) groups is 1. The van der Waals surface area contributed by atoms with Gasteiger partial charge in [-0.05, 0) is 98.4 Å². The zero-order valence-corrected chi connectivity index (χ0v) is 25.4. The predicted molar refractivity (Wildman–Crippen MR) is 173 cm³/mol. The third-order valence-electron chi connectivity index (χ3n) is 8.08. The lowest BCUT2D eigenvalue weighted by molar-refractivity contribution is -0.119. The maximum atomic E-state index is 12.0. The van der Waals surface area contributed by atoms with Gasteiger partial charge in [-0.15, -0.1) is 0 Å². The zero-order valence-electron chi connectivity index (χ0n) is 24.6. The molecular formula is C33H36N6O3S. The Labute approximate surface area is 257 Å². The molecule has 0 saturated carbocycles. The fraction of sp³-hybridized carbons (Fsp3) is 0.303. The van der Waals surface area contributed by atoms with Crippen LogP contribution in [-0.4, -0.2) is 60.6 Å². The van der Waals surface area contributed by atoms with Crippen molar-refractivity contribution in [1.82, 2.24) is 14.9 Å². The molecule has 0 aliphatic carbocycles. The van der Waals surface area contributed by atoms with Crippen LogP contribution in [0.4, 0.5) is 17.1 Å². The lowest BCUT2D eigenvalue weighted by Crippen LogP contribution is -2.36. The van der Waals surface area contributed by atoms with Crippen LogP contribution in [-0.2, 0) is 14.3 Å². The van der Waals surface area contributed by atoms with Gasteiger partial charge in [-0.25, -0.2) is 0 Å². The Morgan fingerprint density at radius 1 is 1.02 bits per heavy atom. The number of carbonyl (C=O) groups is 1. The Bertz CT molecular complexity index is 1580. The number of morpholine rings is 1. The topological polar surface area (TPSA) is 83.9 Å². The second kappa shape index (κ2) is 12.5. The number of hydrogen-bond acceptors (Lipinski definition) is 6. The van der Waals surface area contributed by atoms with Gasteiger partial charge in [0.05, 0.1) is 31.0 Å². The second-order valence-electron chi connectivity index (χ2n) is 10.8. The van der Waals surface area contributed by atoms with E-state index in [1.54, 1.807) is 0 Å². The van der Waals surface area contributed by atoms with Crippen LogP contribution in [0.3, 0.4) is 0 Å². The molecule has 6 rings (SSSR count). The number of nitrogens with zero attached hydrogens (tertiary/aromatic N) is 4. The molecule has 1 amide bonds. The molecule has 10 heteroatoms. The summed E-state index contributed by atoms with van der Waals surface area (Å²) in [6.07, 6.45) is 1.82. The molecule has 222 valence electrons. The van der Waals surface area contributed by atoms with E-state index in [1.807, 2.05) is 48.7 Å². The number of pyridine rings is 1. The van der Waals surface area contributed by atoms with Gasteiger partial charge in [-0.2, -0.15) is 0 Å². The summed E-state index contributed by atoms with van der Waals surface area (Å²) in [6.45, 7) is 7.65. The minimum absolute atomic E-state index is 0.00126. The average molecular weight is 597 g/mol. The smallest absolute Gasteiger partial charge is 0.250 e. The van der Waals surface area contributed by atoms with Crippen LogP contribution in [0.25, 0.3) is 5.69 Å². The first-order valence-electron chi connectivity index (χ1n) is 14.5. The van der Waals surface area contributed by atoms with Crippen LogP contribution < -0.4 is 20.4 Å². The van der Waals surface area contributed by atoms with Crippen LogP contribution in [0.2, 0.25) is 0 Å². The highest BCUT2D eigenvalue weighted by Crippen LogP contribution is 2.44. The molecule has 2 aromatic carbocycles. The van der Waals surface area contributed by atoms with Crippen molar-refractivity contribution in [3.05, 3.63) is 102 Å². The van der Waals surface area contributed by atoms with E-state index in [4.69, 9.17) is 26.7 Å². The van der Waals surface area contributed by atoms with Gasteiger partial charge < -0.3 is 34.5 Å². The van der Waals surface area contributed by atoms with Crippen LogP contribution in [0, 0.1) is 13.8 Å². The van der Waals surface area contributed by atoms with E-state index in [-0.39, 0.29) is 24.6 Å². The van der Waals surface area contributed by atoms with E-state index >= 15 is 0 Å². The lowest BCUT2D eigenvalue weighted by Gasteiger charge is -2.29. The molecule has 2 N–H and O–H groups in total. The number of aromatic nitrogens is 2. The highest BCUT2D eigenvalue weighted by Gasteiger charge is 2.42. The van der Waals surface area contributed by atoms with Gasteiger partial charge in [-0.1, -0.05) is 6.07 Å². The molecule has 4 aromatic rings. The third-order valence-corrected chi connectivity index (χ3v) is 8.39. The highest BCUT2D eigenvalue weighted by atomic mass is 32.1. The number of aryl methyl sites for hydroxylation is 1. The fourth-order valence-corrected chi connectivity index (χ4v) is 6.45. The summed E-state index contributed by atoms with van der Waals surface area (Å²) in [5.41, 5.74) is 8.30. The number of amides is 1. The quantitative estimate of drug-likeness (QED) is 0.272. The maximum absolute atomic E-state index is 12.0. The molecule has 2 aliphatic rings. The summed E-state index contributed by atoms with van der Waals surface area (Å²) in [6, 6.07) is 24.4. The largest absolute Gasteiger partial charge is 0.378 e. The minimum Gasteiger partial charge on any atom is -0.378 e. The van der Waals surface area contributed by atoms with E-state index < -0.39 is 0 Å². The van der Waals surface area contributed by atoms with Crippen molar-refractivity contribution in [3.8, 4) is 5.69 Å². The van der Waals surface area contributed by atoms with Crippen LogP contribution in [0.15, 0.2) is 79.0 Å². The Hall–Kier alpha value is -4.25. The van der Waals surface area contributed by atoms with E-state index in [0.29, 0.717) is 10.8 Å². The van der Waals surface area contributed by atoms with E-state index in [0.717, 1.165) is 60.3 Å². The number of hydrogen-bond donors (Lipinski definition) is 2. The lowest BCUT2D eigenvalue weighted by atomic mass is 9.96. The summed E-state index contributed by atoms with van der Waals surface area (Å²) < 4.78 is 12.8. The summed E-state index contributed by atoms with van der Waals surface area (Å²) in [5.74, 6) is -0.202. The van der Waals surface area contributed by atoms with Crippen molar-refractivity contribution in [2.45, 2.75) is 25.9 Å². The zero-order chi connectivity index (χ0) is 29.9. The second-order valence-corrected chi connectivity index (χ2v) is 11.2. The molecule has 2 atom stereocenters. The van der Waals surface area contributed by atoms with E-state index in [2.05, 4.69) is 69.2 Å². The first-order valence-corrected chi connectivity index (χ1v) is 14.9. The van der Waals surface area contributed by atoms with E-state index in [1.165, 1.54) is 12.8 Å². The number of carbonyl (C=O) groups excluding carboxylic acids is 1. The number of rotatable bonds is 8. The monoisotopic (exact) mass is 596 g/mol. The molecule has 4 heterocycles. The highest BCUT2D eigenvalue weighted by molar-refractivity contribution is 7.80. The molecule has 2 saturated heterocycles. The van der Waals surface area contributed by atoms with Crippen LogP contribution in [0.1, 0.15) is 34.7 Å². The third kappa shape index (κ3) is 5.86. The number of benzene rings is 2. The van der Waals surface area contributed by atoms with Crippen molar-refractivity contribution in [3.63, 3.8) is 0 Å². The van der Waals surface area contributed by atoms with Crippen LogP contribution in [0.5, 0.6) is 0 Å². The van der Waals surface area contributed by atoms with Gasteiger partial charge in [-0.3, -0.25) is 9.78 Å².